The second kappa shape index (κ2) is 7.81. The van der Waals surface area contributed by atoms with Crippen molar-refractivity contribution in [3.63, 3.8) is 0 Å². The lowest BCUT2D eigenvalue weighted by Gasteiger charge is -2.35. The van der Waals surface area contributed by atoms with Crippen LogP contribution in [0.2, 0.25) is 0 Å². The molecule has 1 saturated heterocycles. The average Bonchev–Trinajstić information content (AvgIpc) is 2.53. The SMILES string of the molecule is CNC(CN1CCC(C(C)C)CC1)c1cccc(OC)c1. The molecule has 1 heterocycles. The van der Waals surface area contributed by atoms with Crippen molar-refractivity contribution in [3.05, 3.63) is 29.8 Å². The zero-order valence-electron chi connectivity index (χ0n) is 13.9. The summed E-state index contributed by atoms with van der Waals surface area (Å²) in [5, 5.41) is 3.45. The first kappa shape index (κ1) is 16.3. The van der Waals surface area contributed by atoms with Crippen LogP contribution < -0.4 is 10.1 Å². The minimum Gasteiger partial charge on any atom is -0.497 e. The van der Waals surface area contributed by atoms with E-state index in [4.69, 9.17) is 4.74 Å². The van der Waals surface area contributed by atoms with Gasteiger partial charge in [0.25, 0.3) is 0 Å². The van der Waals surface area contributed by atoms with Crippen molar-refractivity contribution in [2.45, 2.75) is 32.7 Å². The van der Waals surface area contributed by atoms with Crippen molar-refractivity contribution in [2.24, 2.45) is 11.8 Å². The highest BCUT2D eigenvalue weighted by atomic mass is 16.5. The summed E-state index contributed by atoms with van der Waals surface area (Å²) in [4.78, 5) is 2.60. The summed E-state index contributed by atoms with van der Waals surface area (Å²) >= 11 is 0. The zero-order valence-corrected chi connectivity index (χ0v) is 13.9. The fourth-order valence-electron chi connectivity index (χ4n) is 3.28. The van der Waals surface area contributed by atoms with Gasteiger partial charge in [0.15, 0.2) is 0 Å². The fourth-order valence-corrected chi connectivity index (χ4v) is 3.28. The maximum atomic E-state index is 5.34. The van der Waals surface area contributed by atoms with E-state index in [-0.39, 0.29) is 0 Å². The number of benzene rings is 1. The summed E-state index contributed by atoms with van der Waals surface area (Å²) in [5.41, 5.74) is 1.31. The quantitative estimate of drug-likeness (QED) is 0.870. The highest BCUT2D eigenvalue weighted by Crippen LogP contribution is 2.26. The van der Waals surface area contributed by atoms with Gasteiger partial charge in [0, 0.05) is 12.6 Å². The summed E-state index contributed by atoms with van der Waals surface area (Å²) in [5.74, 6) is 2.67. The molecule has 0 aliphatic carbocycles. The van der Waals surface area contributed by atoms with E-state index in [0.717, 1.165) is 24.1 Å². The summed E-state index contributed by atoms with van der Waals surface area (Å²) in [6.07, 6.45) is 2.68. The van der Waals surface area contributed by atoms with Crippen LogP contribution in [0.15, 0.2) is 24.3 Å². The summed E-state index contributed by atoms with van der Waals surface area (Å²) in [6.45, 7) is 8.24. The van der Waals surface area contributed by atoms with Gasteiger partial charge in [-0.1, -0.05) is 26.0 Å². The van der Waals surface area contributed by atoms with Gasteiger partial charge in [-0.05, 0) is 62.5 Å². The molecule has 21 heavy (non-hydrogen) atoms. The van der Waals surface area contributed by atoms with E-state index in [0.29, 0.717) is 6.04 Å². The molecule has 1 aliphatic heterocycles. The summed E-state index contributed by atoms with van der Waals surface area (Å²) < 4.78 is 5.34. The molecule has 1 aromatic carbocycles. The van der Waals surface area contributed by atoms with Gasteiger partial charge in [0.1, 0.15) is 5.75 Å². The first-order valence-electron chi connectivity index (χ1n) is 8.17. The average molecular weight is 290 g/mol. The van der Waals surface area contributed by atoms with Gasteiger partial charge in [-0.15, -0.1) is 0 Å². The van der Waals surface area contributed by atoms with Gasteiger partial charge in [-0.25, -0.2) is 0 Å². The van der Waals surface area contributed by atoms with Crippen LogP contribution in [0.1, 0.15) is 38.3 Å². The van der Waals surface area contributed by atoms with Gasteiger partial charge in [0.05, 0.1) is 7.11 Å². The van der Waals surface area contributed by atoms with Crippen LogP contribution in [0.4, 0.5) is 0 Å². The molecule has 1 fully saturated rings. The molecule has 2 rings (SSSR count). The largest absolute Gasteiger partial charge is 0.497 e. The van der Waals surface area contributed by atoms with Crippen LogP contribution in [0.3, 0.4) is 0 Å². The molecule has 1 unspecified atom stereocenters. The van der Waals surface area contributed by atoms with E-state index in [1.165, 1.54) is 31.5 Å². The third kappa shape index (κ3) is 4.45. The third-order valence-electron chi connectivity index (χ3n) is 4.86. The Morgan fingerprint density at radius 3 is 2.57 bits per heavy atom. The van der Waals surface area contributed by atoms with Crippen molar-refractivity contribution in [3.8, 4) is 5.75 Å². The van der Waals surface area contributed by atoms with Crippen molar-refractivity contribution in [1.29, 1.82) is 0 Å². The molecular weight excluding hydrogens is 260 g/mol. The number of methoxy groups -OCH3 is 1. The lowest BCUT2D eigenvalue weighted by molar-refractivity contribution is 0.147. The number of ether oxygens (including phenoxy) is 1. The fraction of sp³-hybridized carbons (Fsp3) is 0.667. The predicted molar refractivity (Wildman–Crippen MR) is 88.8 cm³/mol. The van der Waals surface area contributed by atoms with E-state index in [1.54, 1.807) is 7.11 Å². The molecule has 1 N–H and O–H groups in total. The Morgan fingerprint density at radius 1 is 1.29 bits per heavy atom. The Balaban J connectivity index is 1.93. The molecule has 0 aromatic heterocycles. The van der Waals surface area contributed by atoms with Gasteiger partial charge >= 0.3 is 0 Å². The van der Waals surface area contributed by atoms with Crippen LogP contribution in [0.25, 0.3) is 0 Å². The Kier molecular flexibility index (Phi) is 6.07. The number of likely N-dealkylation sites (N-methyl/N-ethyl adjacent to an activating group) is 1. The minimum atomic E-state index is 0.371. The van der Waals surface area contributed by atoms with E-state index >= 15 is 0 Å². The standard InChI is InChI=1S/C18H30N2O/c1-14(2)15-8-10-20(11-9-15)13-18(19-3)16-6-5-7-17(12-16)21-4/h5-7,12,14-15,18-19H,8-11,13H2,1-4H3. The van der Waals surface area contributed by atoms with Crippen LogP contribution in [0, 0.1) is 11.8 Å². The smallest absolute Gasteiger partial charge is 0.119 e. The molecule has 1 aromatic rings. The summed E-state index contributed by atoms with van der Waals surface area (Å²) in [7, 11) is 3.77. The van der Waals surface area contributed by atoms with Gasteiger partial charge in [0.2, 0.25) is 0 Å². The highest BCUT2D eigenvalue weighted by molar-refractivity contribution is 5.30. The van der Waals surface area contributed by atoms with Crippen molar-refractivity contribution < 1.29 is 4.74 Å². The van der Waals surface area contributed by atoms with Crippen molar-refractivity contribution in [1.82, 2.24) is 10.2 Å². The number of piperidine rings is 1. The Hall–Kier alpha value is -1.06. The van der Waals surface area contributed by atoms with Crippen molar-refractivity contribution in [2.75, 3.05) is 33.8 Å². The second-order valence-electron chi connectivity index (χ2n) is 6.50. The Morgan fingerprint density at radius 2 is 2.00 bits per heavy atom. The maximum Gasteiger partial charge on any atom is 0.119 e. The second-order valence-corrected chi connectivity index (χ2v) is 6.50. The van der Waals surface area contributed by atoms with E-state index < -0.39 is 0 Å². The number of nitrogens with zero attached hydrogens (tertiary/aromatic N) is 1. The molecule has 3 nitrogen and oxygen atoms in total. The van der Waals surface area contributed by atoms with Crippen LogP contribution in [-0.2, 0) is 0 Å². The number of nitrogens with one attached hydrogen (secondary N) is 1. The van der Waals surface area contributed by atoms with Gasteiger partial charge in [-0.3, -0.25) is 0 Å². The first-order chi connectivity index (χ1) is 10.1. The molecule has 0 spiro atoms. The lowest BCUT2D eigenvalue weighted by Crippen LogP contribution is -2.40. The minimum absolute atomic E-state index is 0.371. The first-order valence-corrected chi connectivity index (χ1v) is 8.17. The molecule has 0 bridgehead atoms. The van der Waals surface area contributed by atoms with E-state index in [1.807, 2.05) is 13.1 Å². The Labute approximate surface area is 129 Å². The number of likely N-dealkylation sites (tertiary alicyclic amines) is 1. The molecule has 0 amide bonds. The van der Waals surface area contributed by atoms with Crippen molar-refractivity contribution >= 4 is 0 Å². The molecule has 0 radical (unpaired) electrons. The van der Waals surface area contributed by atoms with Crippen LogP contribution >= 0.6 is 0 Å². The zero-order chi connectivity index (χ0) is 15.2. The Bertz CT molecular complexity index is 425. The molecule has 3 heteroatoms. The topological polar surface area (TPSA) is 24.5 Å². The predicted octanol–water partition coefficient (Wildman–Crippen LogP) is 3.32. The lowest BCUT2D eigenvalue weighted by atomic mass is 9.86. The normalized spacial score (nSPS) is 18.9. The van der Waals surface area contributed by atoms with Gasteiger partial charge in [-0.2, -0.15) is 0 Å². The highest BCUT2D eigenvalue weighted by Gasteiger charge is 2.23. The summed E-state index contributed by atoms with van der Waals surface area (Å²) in [6, 6.07) is 8.77. The number of hydrogen-bond donors (Lipinski definition) is 1. The maximum absolute atomic E-state index is 5.34. The van der Waals surface area contributed by atoms with Crippen LogP contribution in [-0.4, -0.2) is 38.7 Å². The molecule has 118 valence electrons. The molecule has 0 saturated carbocycles. The third-order valence-corrected chi connectivity index (χ3v) is 4.86. The monoisotopic (exact) mass is 290 g/mol. The molecule has 1 atom stereocenters. The number of hydrogen-bond acceptors (Lipinski definition) is 3. The van der Waals surface area contributed by atoms with E-state index in [2.05, 4.69) is 42.3 Å². The molecular formula is C18H30N2O. The van der Waals surface area contributed by atoms with E-state index in [9.17, 15) is 0 Å². The van der Waals surface area contributed by atoms with Gasteiger partial charge < -0.3 is 15.0 Å². The number of rotatable bonds is 6. The van der Waals surface area contributed by atoms with Crippen LogP contribution in [0.5, 0.6) is 5.75 Å². The molecule has 1 aliphatic rings.